The van der Waals surface area contributed by atoms with Crippen LogP contribution in [0.4, 0.5) is 0 Å². The van der Waals surface area contributed by atoms with Gasteiger partial charge in [-0.3, -0.25) is 28.8 Å². The van der Waals surface area contributed by atoms with Crippen molar-refractivity contribution in [2.24, 2.45) is 0 Å². The number of benzene rings is 2. The van der Waals surface area contributed by atoms with Crippen LogP contribution in [0.2, 0.25) is 0 Å². The number of likely N-dealkylation sites (tertiary alicyclic amines) is 1. The first kappa shape index (κ1) is 39.9. The smallest absolute Gasteiger partial charge is 0.303 e. The summed E-state index contributed by atoms with van der Waals surface area (Å²) in [6.45, 7) is 2.40. The van der Waals surface area contributed by atoms with Gasteiger partial charge in [0.2, 0.25) is 29.5 Å². The number of thiazole rings is 1. The fourth-order valence-corrected chi connectivity index (χ4v) is 7.12. The highest BCUT2D eigenvalue weighted by Crippen LogP contribution is 2.22. The molecule has 0 bridgehead atoms. The number of nitrogens with one attached hydrogen (secondary N) is 5. The number of fused-ring (bicyclic) bond motifs is 1. The second kappa shape index (κ2) is 19.2. The molecule has 4 atom stereocenters. The monoisotopic (exact) mass is 777 g/mol. The zero-order chi connectivity index (χ0) is 38.6. The van der Waals surface area contributed by atoms with E-state index in [-0.39, 0.29) is 38.8 Å². The zero-order valence-corrected chi connectivity index (χ0v) is 31.4. The maximum Gasteiger partial charge on any atom is 0.303 e. The largest absolute Gasteiger partial charge is 0.481 e. The molecule has 14 nitrogen and oxygen atoms in total. The van der Waals surface area contributed by atoms with Crippen molar-refractivity contribution in [2.75, 3.05) is 12.4 Å². The molecule has 5 rings (SSSR count). The molecular formula is C38H44ClN7O7S. The molecule has 1 saturated heterocycles. The molecule has 0 radical (unpaired) electrons. The average Bonchev–Trinajstić information content (AvgIpc) is 3.85. The Balaban J connectivity index is 1.39. The zero-order valence-electron chi connectivity index (χ0n) is 29.8. The molecule has 2 aromatic heterocycles. The Morgan fingerprint density at radius 2 is 1.72 bits per heavy atom. The van der Waals surface area contributed by atoms with Gasteiger partial charge in [-0.25, -0.2) is 4.98 Å². The molecule has 1 fully saturated rings. The summed E-state index contributed by atoms with van der Waals surface area (Å²) in [6.07, 6.45) is 2.83. The van der Waals surface area contributed by atoms with Crippen LogP contribution in [0.5, 0.6) is 0 Å². The van der Waals surface area contributed by atoms with Crippen molar-refractivity contribution in [3.05, 3.63) is 88.0 Å². The summed E-state index contributed by atoms with van der Waals surface area (Å²) in [4.78, 5) is 88.3. The first-order valence-electron chi connectivity index (χ1n) is 17.8. The number of carbonyl (C=O) groups excluding carboxylic acids is 5. The first-order valence-corrected chi connectivity index (χ1v) is 19.2. The number of nitrogens with zero attached hydrogens (tertiary/aromatic N) is 2. The summed E-state index contributed by atoms with van der Waals surface area (Å²) in [5, 5.41) is 23.1. The van der Waals surface area contributed by atoms with Gasteiger partial charge in [0, 0.05) is 54.8 Å². The Morgan fingerprint density at radius 3 is 2.44 bits per heavy atom. The fourth-order valence-electron chi connectivity index (χ4n) is 6.47. The van der Waals surface area contributed by atoms with Gasteiger partial charge in [-0.15, -0.1) is 22.9 Å². The molecule has 286 valence electrons. The summed E-state index contributed by atoms with van der Waals surface area (Å²) in [7, 11) is 0. The number of alkyl halides is 1. The number of hydrogen-bond acceptors (Lipinski definition) is 8. The van der Waals surface area contributed by atoms with Gasteiger partial charge in [0.05, 0.1) is 11.2 Å². The summed E-state index contributed by atoms with van der Waals surface area (Å²) < 4.78 is 0. The Morgan fingerprint density at radius 1 is 0.963 bits per heavy atom. The van der Waals surface area contributed by atoms with E-state index in [1.54, 1.807) is 17.1 Å². The lowest BCUT2D eigenvalue weighted by Crippen LogP contribution is -2.61. The molecule has 0 spiro atoms. The third kappa shape index (κ3) is 10.9. The molecule has 1 aliphatic rings. The minimum atomic E-state index is -1.21. The lowest BCUT2D eigenvalue weighted by molar-refractivity contribution is -0.146. The van der Waals surface area contributed by atoms with Crippen LogP contribution in [-0.4, -0.2) is 92.1 Å². The molecule has 2 aromatic carbocycles. The van der Waals surface area contributed by atoms with Gasteiger partial charge < -0.3 is 36.3 Å². The van der Waals surface area contributed by atoms with Crippen molar-refractivity contribution >= 4 is 69.3 Å². The minimum Gasteiger partial charge on any atom is -0.481 e. The van der Waals surface area contributed by atoms with Crippen LogP contribution in [0.1, 0.15) is 54.5 Å². The number of para-hydroxylation sites is 1. The molecule has 54 heavy (non-hydrogen) atoms. The predicted octanol–water partition coefficient (Wildman–Crippen LogP) is 2.97. The summed E-state index contributed by atoms with van der Waals surface area (Å²) in [5.74, 6) is -4.47. The number of H-pyrrole nitrogens is 1. The number of carboxylic acid groups (broad SMARTS) is 1. The Labute approximate surface area is 321 Å². The van der Waals surface area contributed by atoms with Crippen molar-refractivity contribution in [1.82, 2.24) is 36.1 Å². The maximum absolute atomic E-state index is 14.3. The van der Waals surface area contributed by atoms with Crippen molar-refractivity contribution in [1.29, 1.82) is 0 Å². The van der Waals surface area contributed by atoms with E-state index in [4.69, 9.17) is 11.6 Å². The SMILES string of the molecule is Cc1ccc(CNC(=O)C(Cc2cscn2)NC(=O)C(Cc2c[nH]c3ccccc23)NC(=O)C2CCCCN2C(=O)C(CCC(=O)O)NC(=O)CCl)cc1. The predicted molar refractivity (Wildman–Crippen MR) is 204 cm³/mol. The van der Waals surface area contributed by atoms with Gasteiger partial charge in [-0.1, -0.05) is 48.0 Å². The second-order valence-electron chi connectivity index (χ2n) is 13.3. The van der Waals surface area contributed by atoms with Gasteiger partial charge in [-0.2, -0.15) is 0 Å². The molecule has 4 aromatic rings. The quantitative estimate of drug-likeness (QED) is 0.0879. The number of aromatic amines is 1. The summed E-state index contributed by atoms with van der Waals surface area (Å²) in [5.41, 5.74) is 5.81. The first-order chi connectivity index (χ1) is 26.0. The van der Waals surface area contributed by atoms with Gasteiger partial charge in [0.15, 0.2) is 0 Å². The maximum atomic E-state index is 14.3. The number of hydrogen-bond donors (Lipinski definition) is 6. The highest BCUT2D eigenvalue weighted by atomic mass is 35.5. The Hall–Kier alpha value is -5.28. The van der Waals surface area contributed by atoms with E-state index in [2.05, 4.69) is 31.2 Å². The van der Waals surface area contributed by atoms with Crippen LogP contribution >= 0.6 is 22.9 Å². The normalized spacial score (nSPS) is 15.8. The van der Waals surface area contributed by atoms with E-state index in [1.165, 1.54) is 16.2 Å². The van der Waals surface area contributed by atoms with Gasteiger partial charge in [0.1, 0.15) is 30.0 Å². The third-order valence-corrected chi connectivity index (χ3v) is 10.2. The van der Waals surface area contributed by atoms with E-state index in [0.717, 1.165) is 27.6 Å². The number of halogens is 1. The van der Waals surface area contributed by atoms with Crippen LogP contribution < -0.4 is 21.3 Å². The molecular weight excluding hydrogens is 734 g/mol. The lowest BCUT2D eigenvalue weighted by Gasteiger charge is -2.37. The highest BCUT2D eigenvalue weighted by molar-refractivity contribution is 7.07. The fraction of sp³-hybridized carbons (Fsp3) is 0.395. The van der Waals surface area contributed by atoms with Crippen LogP contribution in [0.15, 0.2) is 65.6 Å². The molecule has 0 saturated carbocycles. The van der Waals surface area contributed by atoms with Crippen molar-refractivity contribution in [3.63, 3.8) is 0 Å². The number of aryl methyl sites for hydroxylation is 1. The number of piperidine rings is 1. The molecule has 1 aliphatic heterocycles. The van der Waals surface area contributed by atoms with Gasteiger partial charge >= 0.3 is 5.97 Å². The van der Waals surface area contributed by atoms with Gasteiger partial charge in [-0.05, 0) is 49.8 Å². The van der Waals surface area contributed by atoms with E-state index in [9.17, 15) is 33.9 Å². The number of amides is 5. The average molecular weight is 778 g/mol. The van der Waals surface area contributed by atoms with E-state index in [1.807, 2.05) is 55.5 Å². The molecule has 0 aliphatic carbocycles. The molecule has 3 heterocycles. The van der Waals surface area contributed by atoms with E-state index < -0.39 is 72.0 Å². The summed E-state index contributed by atoms with van der Waals surface area (Å²) in [6, 6.07) is 10.8. The third-order valence-electron chi connectivity index (χ3n) is 9.34. The molecule has 6 N–H and O–H groups in total. The van der Waals surface area contributed by atoms with Crippen LogP contribution in [0.3, 0.4) is 0 Å². The number of carbonyl (C=O) groups is 6. The van der Waals surface area contributed by atoms with Crippen molar-refractivity contribution in [2.45, 2.75) is 82.6 Å². The van der Waals surface area contributed by atoms with E-state index >= 15 is 0 Å². The van der Waals surface area contributed by atoms with Crippen LogP contribution in [-0.2, 0) is 48.2 Å². The van der Waals surface area contributed by atoms with Gasteiger partial charge in [0.25, 0.3) is 0 Å². The topological polar surface area (TPSA) is 203 Å². The molecule has 16 heteroatoms. The number of aromatic nitrogens is 2. The van der Waals surface area contributed by atoms with E-state index in [0.29, 0.717) is 18.5 Å². The lowest BCUT2D eigenvalue weighted by atomic mass is 9.97. The minimum absolute atomic E-state index is 0.0592. The Bertz CT molecular complexity index is 1940. The number of carboxylic acids is 1. The summed E-state index contributed by atoms with van der Waals surface area (Å²) >= 11 is 7.03. The van der Waals surface area contributed by atoms with Crippen LogP contribution in [0.25, 0.3) is 10.9 Å². The molecule has 4 unspecified atom stereocenters. The standard InChI is InChI=1S/C38H44ClN7O7S/c1-23-9-11-24(12-10-23)19-41-35(50)31(17-26-21-54-22-42-26)44-36(51)30(16-25-20-40-28-7-3-2-6-27(25)28)45-37(52)32-8-4-5-15-46(32)38(53)29(13-14-34(48)49)43-33(47)18-39/h2-3,6-7,9-12,20-22,29-32,40H,4-5,8,13-19H2,1H3,(H,41,50)(H,43,47)(H,44,51)(H,45,52)(H,48,49). The highest BCUT2D eigenvalue weighted by Gasteiger charge is 2.38. The number of aliphatic carboxylic acids is 1. The van der Waals surface area contributed by atoms with Crippen molar-refractivity contribution < 1.29 is 33.9 Å². The second-order valence-corrected chi connectivity index (χ2v) is 14.3. The van der Waals surface area contributed by atoms with Crippen molar-refractivity contribution in [3.8, 4) is 0 Å². The van der Waals surface area contributed by atoms with Crippen LogP contribution in [0, 0.1) is 6.92 Å². The number of rotatable bonds is 17. The Kier molecular flexibility index (Phi) is 14.2. The molecule has 5 amide bonds.